The third kappa shape index (κ3) is 3.79. The summed E-state index contributed by atoms with van der Waals surface area (Å²) in [6, 6.07) is 6.87. The van der Waals surface area contributed by atoms with Gasteiger partial charge in [0.15, 0.2) is 0 Å². The zero-order valence-electron chi connectivity index (χ0n) is 11.4. The van der Waals surface area contributed by atoms with E-state index in [1.165, 1.54) is 11.3 Å². The summed E-state index contributed by atoms with van der Waals surface area (Å²) in [7, 11) is 0. The highest BCUT2D eigenvalue weighted by molar-refractivity contribution is 7.09. The van der Waals surface area contributed by atoms with Crippen LogP contribution in [0.1, 0.15) is 29.2 Å². The molecule has 1 heterocycles. The van der Waals surface area contributed by atoms with Crippen LogP contribution in [-0.2, 0) is 6.54 Å². The summed E-state index contributed by atoms with van der Waals surface area (Å²) in [4.78, 5) is 17.0. The molecule has 6 heteroatoms. The average molecular weight is 291 g/mol. The highest BCUT2D eigenvalue weighted by Crippen LogP contribution is 2.17. The van der Waals surface area contributed by atoms with E-state index in [9.17, 15) is 9.90 Å². The smallest absolute Gasteiger partial charge is 0.319 e. The molecular formula is C14H17N3O2S. The quantitative estimate of drug-likeness (QED) is 0.811. The van der Waals surface area contributed by atoms with Gasteiger partial charge < -0.3 is 15.7 Å². The topological polar surface area (TPSA) is 74.2 Å². The molecule has 2 amide bonds. The van der Waals surface area contributed by atoms with Crippen molar-refractivity contribution in [1.82, 2.24) is 10.3 Å². The Morgan fingerprint density at radius 3 is 2.95 bits per heavy atom. The number of anilines is 1. The minimum Gasteiger partial charge on any atom is -0.389 e. The van der Waals surface area contributed by atoms with Crippen LogP contribution in [0.2, 0.25) is 0 Å². The van der Waals surface area contributed by atoms with Gasteiger partial charge in [0, 0.05) is 10.6 Å². The van der Waals surface area contributed by atoms with Crippen LogP contribution in [0.3, 0.4) is 0 Å². The maximum absolute atomic E-state index is 11.8. The first-order chi connectivity index (χ1) is 9.56. The predicted molar refractivity (Wildman–Crippen MR) is 79.8 cm³/mol. The van der Waals surface area contributed by atoms with E-state index < -0.39 is 6.10 Å². The Hall–Kier alpha value is -1.92. The number of nitrogens with zero attached hydrogens (tertiary/aromatic N) is 1. The van der Waals surface area contributed by atoms with E-state index in [1.807, 2.05) is 13.0 Å². The number of carbonyl (C=O) groups excluding carboxylic acids is 1. The third-order valence-corrected chi connectivity index (χ3v) is 3.82. The number of nitrogens with one attached hydrogen (secondary N) is 2. The van der Waals surface area contributed by atoms with Gasteiger partial charge >= 0.3 is 6.03 Å². The van der Waals surface area contributed by atoms with E-state index in [-0.39, 0.29) is 6.03 Å². The van der Waals surface area contributed by atoms with E-state index in [1.54, 1.807) is 30.6 Å². The molecule has 0 aliphatic heterocycles. The Morgan fingerprint density at radius 1 is 1.50 bits per heavy atom. The molecule has 0 bridgehead atoms. The van der Waals surface area contributed by atoms with Crippen molar-refractivity contribution in [2.75, 3.05) is 5.32 Å². The van der Waals surface area contributed by atoms with Crippen molar-refractivity contribution in [2.24, 2.45) is 0 Å². The van der Waals surface area contributed by atoms with Gasteiger partial charge in [0.05, 0.1) is 23.9 Å². The number of amides is 2. The van der Waals surface area contributed by atoms with Gasteiger partial charge in [0.25, 0.3) is 0 Å². The maximum atomic E-state index is 11.8. The monoisotopic (exact) mass is 291 g/mol. The van der Waals surface area contributed by atoms with Crippen LogP contribution in [-0.4, -0.2) is 16.1 Å². The van der Waals surface area contributed by atoms with E-state index in [0.29, 0.717) is 12.2 Å². The lowest BCUT2D eigenvalue weighted by Crippen LogP contribution is -2.28. The molecule has 2 rings (SSSR count). The number of aryl methyl sites for hydroxylation is 1. The van der Waals surface area contributed by atoms with Crippen LogP contribution >= 0.6 is 11.3 Å². The summed E-state index contributed by atoms with van der Waals surface area (Å²) in [5.74, 6) is 0. The molecule has 1 unspecified atom stereocenters. The number of aliphatic hydroxyl groups excluding tert-OH is 1. The fraction of sp³-hybridized carbons (Fsp3) is 0.286. The SMILES string of the molecule is Cc1ncsc1CNC(=O)Nc1cccc(C(C)O)c1. The summed E-state index contributed by atoms with van der Waals surface area (Å²) >= 11 is 1.52. The van der Waals surface area contributed by atoms with Gasteiger partial charge in [-0.15, -0.1) is 11.3 Å². The van der Waals surface area contributed by atoms with Crippen LogP contribution in [0.5, 0.6) is 0 Å². The van der Waals surface area contributed by atoms with E-state index >= 15 is 0 Å². The van der Waals surface area contributed by atoms with Crippen LogP contribution in [0.15, 0.2) is 29.8 Å². The first kappa shape index (κ1) is 14.5. The molecule has 0 spiro atoms. The van der Waals surface area contributed by atoms with Crippen molar-refractivity contribution in [2.45, 2.75) is 26.5 Å². The standard InChI is InChI=1S/C14H17N3O2S/c1-9-13(20-8-16-9)7-15-14(19)17-12-5-3-4-11(6-12)10(2)18/h3-6,8,10,18H,7H2,1-2H3,(H2,15,17,19). The molecule has 1 aromatic heterocycles. The second-order valence-corrected chi connectivity index (χ2v) is 5.41. The van der Waals surface area contributed by atoms with Gasteiger partial charge in [0.2, 0.25) is 0 Å². The van der Waals surface area contributed by atoms with Gasteiger partial charge in [-0.05, 0) is 31.5 Å². The second-order valence-electron chi connectivity index (χ2n) is 4.47. The fourth-order valence-corrected chi connectivity index (χ4v) is 2.42. The highest BCUT2D eigenvalue weighted by Gasteiger charge is 2.06. The van der Waals surface area contributed by atoms with Crippen molar-refractivity contribution in [3.8, 4) is 0 Å². The van der Waals surface area contributed by atoms with Gasteiger partial charge in [-0.3, -0.25) is 0 Å². The predicted octanol–water partition coefficient (Wildman–Crippen LogP) is 2.83. The van der Waals surface area contributed by atoms with Crippen molar-refractivity contribution in [3.63, 3.8) is 0 Å². The molecule has 0 radical (unpaired) electrons. The number of thiazole rings is 1. The molecule has 1 atom stereocenters. The van der Waals surface area contributed by atoms with Crippen molar-refractivity contribution < 1.29 is 9.90 Å². The molecule has 0 aliphatic carbocycles. The number of rotatable bonds is 4. The minimum atomic E-state index is -0.556. The van der Waals surface area contributed by atoms with Gasteiger partial charge in [0.1, 0.15) is 0 Å². The van der Waals surface area contributed by atoms with E-state index in [0.717, 1.165) is 16.1 Å². The molecule has 20 heavy (non-hydrogen) atoms. The van der Waals surface area contributed by atoms with Crippen molar-refractivity contribution in [1.29, 1.82) is 0 Å². The first-order valence-corrected chi connectivity index (χ1v) is 7.16. The van der Waals surface area contributed by atoms with Gasteiger partial charge in [-0.25, -0.2) is 9.78 Å². The van der Waals surface area contributed by atoms with Crippen molar-refractivity contribution in [3.05, 3.63) is 45.9 Å². The summed E-state index contributed by atoms with van der Waals surface area (Å²) < 4.78 is 0. The summed E-state index contributed by atoms with van der Waals surface area (Å²) in [5, 5.41) is 15.0. The molecule has 1 aromatic carbocycles. The highest BCUT2D eigenvalue weighted by atomic mass is 32.1. The van der Waals surface area contributed by atoms with Gasteiger partial charge in [-0.2, -0.15) is 0 Å². The lowest BCUT2D eigenvalue weighted by Gasteiger charge is -2.10. The number of benzene rings is 1. The molecule has 2 aromatic rings. The number of aliphatic hydroxyl groups is 1. The second kappa shape index (κ2) is 6.49. The molecule has 0 fully saturated rings. The normalized spacial score (nSPS) is 11.9. The van der Waals surface area contributed by atoms with E-state index in [2.05, 4.69) is 15.6 Å². The van der Waals surface area contributed by atoms with Crippen LogP contribution in [0.4, 0.5) is 10.5 Å². The van der Waals surface area contributed by atoms with Crippen LogP contribution in [0, 0.1) is 6.92 Å². The summed E-state index contributed by atoms with van der Waals surface area (Å²) in [6.07, 6.45) is -0.556. The maximum Gasteiger partial charge on any atom is 0.319 e. The van der Waals surface area contributed by atoms with Crippen LogP contribution < -0.4 is 10.6 Å². The van der Waals surface area contributed by atoms with Crippen molar-refractivity contribution >= 4 is 23.1 Å². The molecule has 0 saturated heterocycles. The summed E-state index contributed by atoms with van der Waals surface area (Å²) in [5.41, 5.74) is 4.12. The number of carbonyl (C=O) groups is 1. The zero-order valence-corrected chi connectivity index (χ0v) is 12.2. The molecule has 5 nitrogen and oxygen atoms in total. The number of hydrogen-bond acceptors (Lipinski definition) is 4. The lowest BCUT2D eigenvalue weighted by molar-refractivity contribution is 0.199. The Bertz CT molecular complexity index is 596. The Morgan fingerprint density at radius 2 is 2.30 bits per heavy atom. The van der Waals surface area contributed by atoms with Crippen LogP contribution in [0.25, 0.3) is 0 Å². The fourth-order valence-electron chi connectivity index (χ4n) is 1.71. The molecule has 0 aliphatic rings. The number of hydrogen-bond donors (Lipinski definition) is 3. The van der Waals surface area contributed by atoms with Gasteiger partial charge in [-0.1, -0.05) is 12.1 Å². The first-order valence-electron chi connectivity index (χ1n) is 6.28. The van der Waals surface area contributed by atoms with E-state index in [4.69, 9.17) is 0 Å². The Kier molecular flexibility index (Phi) is 4.70. The molecule has 3 N–H and O–H groups in total. The number of urea groups is 1. The average Bonchev–Trinajstić information content (AvgIpc) is 2.82. The minimum absolute atomic E-state index is 0.277. The largest absolute Gasteiger partial charge is 0.389 e. The molecule has 106 valence electrons. The molecular weight excluding hydrogens is 274 g/mol. The Labute approximate surface area is 121 Å². The Balaban J connectivity index is 1.91. The third-order valence-electron chi connectivity index (χ3n) is 2.88. The number of aromatic nitrogens is 1. The summed E-state index contributed by atoms with van der Waals surface area (Å²) in [6.45, 7) is 4.06. The zero-order chi connectivity index (χ0) is 14.5. The lowest BCUT2D eigenvalue weighted by atomic mass is 10.1. The molecule has 0 saturated carbocycles.